The van der Waals surface area contributed by atoms with Gasteiger partial charge in [0.2, 0.25) is 10.0 Å². The number of benzene rings is 1. The summed E-state index contributed by atoms with van der Waals surface area (Å²) < 4.78 is 31.0. The molecule has 1 aromatic carbocycles. The highest BCUT2D eigenvalue weighted by molar-refractivity contribution is 7.89. The molecule has 2 heterocycles. The van der Waals surface area contributed by atoms with Gasteiger partial charge in [0, 0.05) is 17.3 Å². The number of carbonyl (C=O) groups excluding carboxylic acids is 2. The third-order valence-corrected chi connectivity index (χ3v) is 5.08. The molecule has 0 unspecified atom stereocenters. The number of methoxy groups -OCH3 is 1. The molecule has 3 N–H and O–H groups in total. The van der Waals surface area contributed by atoms with E-state index in [0.717, 1.165) is 12.5 Å². The van der Waals surface area contributed by atoms with Gasteiger partial charge in [-0.15, -0.1) is 0 Å². The van der Waals surface area contributed by atoms with Crippen molar-refractivity contribution in [2.75, 3.05) is 19.0 Å². The first-order valence-electron chi connectivity index (χ1n) is 7.81. The number of nitrogens with one attached hydrogen (secondary N) is 3. The molecule has 0 saturated carbocycles. The number of nitrogens with zero attached hydrogens (tertiary/aromatic N) is 1. The largest absolute Gasteiger partial charge is 0.468 e. The summed E-state index contributed by atoms with van der Waals surface area (Å²) in [6.07, 6.45) is 1.72. The summed E-state index contributed by atoms with van der Waals surface area (Å²) in [4.78, 5) is 30.5. The molecular weight excluding hydrogens is 372 g/mol. The fourth-order valence-corrected chi connectivity index (χ4v) is 3.32. The Morgan fingerprint density at radius 1 is 1.19 bits per heavy atom. The van der Waals surface area contributed by atoms with Crippen molar-refractivity contribution in [1.82, 2.24) is 14.7 Å². The lowest BCUT2D eigenvalue weighted by molar-refractivity contribution is -0.139. The first kappa shape index (κ1) is 18.5. The van der Waals surface area contributed by atoms with Crippen LogP contribution in [0.15, 0.2) is 53.6 Å². The third kappa shape index (κ3) is 4.30. The lowest BCUT2D eigenvalue weighted by Crippen LogP contribution is -2.30. The molecule has 0 radical (unpaired) electrons. The molecular formula is C17H16N4O5S. The van der Waals surface area contributed by atoms with Gasteiger partial charge in [-0.1, -0.05) is 6.07 Å². The van der Waals surface area contributed by atoms with Gasteiger partial charge in [-0.2, -0.15) is 4.72 Å². The second-order valence-electron chi connectivity index (χ2n) is 5.49. The van der Waals surface area contributed by atoms with Crippen molar-refractivity contribution >= 4 is 38.6 Å². The van der Waals surface area contributed by atoms with Crippen LogP contribution in [0.1, 0.15) is 10.5 Å². The molecule has 0 aliphatic rings. The molecule has 2 aromatic heterocycles. The van der Waals surface area contributed by atoms with Crippen LogP contribution in [0.5, 0.6) is 0 Å². The number of amides is 1. The Kier molecular flexibility index (Phi) is 5.19. The number of hydrogen-bond donors (Lipinski definition) is 3. The molecule has 0 aliphatic carbocycles. The minimum atomic E-state index is -3.93. The van der Waals surface area contributed by atoms with Gasteiger partial charge in [-0.25, -0.2) is 13.4 Å². The third-order valence-electron chi connectivity index (χ3n) is 3.68. The second kappa shape index (κ2) is 7.56. The number of rotatable bonds is 6. The van der Waals surface area contributed by atoms with Crippen LogP contribution in [-0.2, 0) is 19.6 Å². The van der Waals surface area contributed by atoms with E-state index in [1.807, 2.05) is 6.07 Å². The summed E-state index contributed by atoms with van der Waals surface area (Å²) in [5, 5.41) is 3.48. The zero-order valence-electron chi connectivity index (χ0n) is 14.2. The van der Waals surface area contributed by atoms with E-state index in [2.05, 4.69) is 24.7 Å². The van der Waals surface area contributed by atoms with Crippen LogP contribution in [0.4, 0.5) is 5.69 Å². The van der Waals surface area contributed by atoms with Crippen LogP contribution in [0.25, 0.3) is 11.0 Å². The molecule has 0 saturated heterocycles. The highest BCUT2D eigenvalue weighted by Gasteiger charge is 2.17. The van der Waals surface area contributed by atoms with E-state index in [1.165, 1.54) is 18.2 Å². The van der Waals surface area contributed by atoms with Gasteiger partial charge < -0.3 is 15.0 Å². The zero-order valence-corrected chi connectivity index (χ0v) is 15.0. The molecule has 0 bridgehead atoms. The van der Waals surface area contributed by atoms with Gasteiger partial charge in [0.15, 0.2) is 0 Å². The molecule has 140 valence electrons. The predicted molar refractivity (Wildman–Crippen MR) is 97.7 cm³/mol. The number of sulfonamides is 1. The number of pyridine rings is 1. The molecule has 1 amide bonds. The van der Waals surface area contributed by atoms with E-state index >= 15 is 0 Å². The van der Waals surface area contributed by atoms with Gasteiger partial charge in [-0.3, -0.25) is 9.59 Å². The Morgan fingerprint density at radius 2 is 2.00 bits per heavy atom. The first-order chi connectivity index (χ1) is 12.9. The molecule has 10 heteroatoms. The van der Waals surface area contributed by atoms with Crippen molar-refractivity contribution in [3.8, 4) is 0 Å². The van der Waals surface area contributed by atoms with E-state index in [4.69, 9.17) is 0 Å². The van der Waals surface area contributed by atoms with Crippen LogP contribution < -0.4 is 10.0 Å². The Labute approximate surface area is 154 Å². The Bertz CT molecular complexity index is 1110. The number of aromatic amines is 1. The Morgan fingerprint density at radius 3 is 2.78 bits per heavy atom. The molecule has 3 aromatic rings. The maximum absolute atomic E-state index is 12.4. The zero-order chi connectivity index (χ0) is 19.4. The number of aromatic nitrogens is 2. The van der Waals surface area contributed by atoms with Crippen LogP contribution in [0.3, 0.4) is 0 Å². The minimum absolute atomic E-state index is 0.100. The lowest BCUT2D eigenvalue weighted by atomic mass is 10.2. The van der Waals surface area contributed by atoms with Crippen molar-refractivity contribution < 1.29 is 22.7 Å². The molecule has 0 atom stereocenters. The summed E-state index contributed by atoms with van der Waals surface area (Å²) in [6, 6.07) is 10.8. The number of H-pyrrole nitrogens is 1. The lowest BCUT2D eigenvalue weighted by Gasteiger charge is -2.09. The molecule has 0 spiro atoms. The van der Waals surface area contributed by atoms with Crippen molar-refractivity contribution in [2.45, 2.75) is 4.90 Å². The van der Waals surface area contributed by atoms with E-state index < -0.39 is 28.4 Å². The number of hydrogen-bond acceptors (Lipinski definition) is 6. The normalized spacial score (nSPS) is 11.3. The van der Waals surface area contributed by atoms with E-state index in [0.29, 0.717) is 5.65 Å². The van der Waals surface area contributed by atoms with Crippen molar-refractivity contribution in [3.63, 3.8) is 0 Å². The second-order valence-corrected chi connectivity index (χ2v) is 7.26. The number of esters is 1. The van der Waals surface area contributed by atoms with Crippen molar-refractivity contribution in [2.24, 2.45) is 0 Å². The average molecular weight is 388 g/mol. The maximum Gasteiger partial charge on any atom is 0.320 e. The standard InChI is InChI=1S/C17H16N4O5S/c1-26-15(22)10-19-27(24,25)13-4-2-3-12(9-13)20-17(23)14-6-5-11-7-8-18-16(11)21-14/h2-9,19H,10H2,1H3,(H,18,21)(H,20,23). The predicted octanol–water partition coefficient (Wildman–Crippen LogP) is 1.27. The van der Waals surface area contributed by atoms with Crippen LogP contribution in [0.2, 0.25) is 0 Å². The molecule has 27 heavy (non-hydrogen) atoms. The summed E-state index contributed by atoms with van der Waals surface area (Å²) in [5.74, 6) is -1.20. The first-order valence-corrected chi connectivity index (χ1v) is 9.29. The number of fused-ring (bicyclic) bond motifs is 1. The van der Waals surface area contributed by atoms with E-state index in [1.54, 1.807) is 24.4 Å². The van der Waals surface area contributed by atoms with Gasteiger partial charge >= 0.3 is 5.97 Å². The van der Waals surface area contributed by atoms with Gasteiger partial charge in [0.1, 0.15) is 17.9 Å². The van der Waals surface area contributed by atoms with Crippen LogP contribution in [0, 0.1) is 0 Å². The average Bonchev–Trinajstić information content (AvgIpc) is 3.14. The topological polar surface area (TPSA) is 130 Å². The SMILES string of the molecule is COC(=O)CNS(=O)(=O)c1cccc(NC(=O)c2ccc3cc[nH]c3n2)c1. The van der Waals surface area contributed by atoms with Gasteiger partial charge in [-0.05, 0) is 36.4 Å². The van der Waals surface area contributed by atoms with E-state index in [-0.39, 0.29) is 16.3 Å². The number of carbonyl (C=O) groups is 2. The minimum Gasteiger partial charge on any atom is -0.468 e. The van der Waals surface area contributed by atoms with Crippen LogP contribution >= 0.6 is 0 Å². The molecule has 0 fully saturated rings. The fraction of sp³-hybridized carbons (Fsp3) is 0.118. The smallest absolute Gasteiger partial charge is 0.320 e. The van der Waals surface area contributed by atoms with Gasteiger partial charge in [0.25, 0.3) is 5.91 Å². The summed E-state index contributed by atoms with van der Waals surface area (Å²) in [6.45, 7) is -0.491. The van der Waals surface area contributed by atoms with E-state index in [9.17, 15) is 18.0 Å². The van der Waals surface area contributed by atoms with Crippen LogP contribution in [-0.4, -0.2) is 43.9 Å². The van der Waals surface area contributed by atoms with Crippen molar-refractivity contribution in [1.29, 1.82) is 0 Å². The molecule has 0 aliphatic heterocycles. The summed E-state index contributed by atoms with van der Waals surface area (Å²) >= 11 is 0. The summed E-state index contributed by atoms with van der Waals surface area (Å²) in [7, 11) is -2.77. The molecule has 3 rings (SSSR count). The Hall–Kier alpha value is -3.24. The highest BCUT2D eigenvalue weighted by Crippen LogP contribution is 2.17. The quantitative estimate of drug-likeness (QED) is 0.545. The van der Waals surface area contributed by atoms with Crippen molar-refractivity contribution in [3.05, 3.63) is 54.4 Å². The monoisotopic (exact) mass is 388 g/mol. The maximum atomic E-state index is 12.4. The Balaban J connectivity index is 1.76. The van der Waals surface area contributed by atoms with Gasteiger partial charge in [0.05, 0.1) is 12.0 Å². The highest BCUT2D eigenvalue weighted by atomic mass is 32.2. The number of ether oxygens (including phenoxy) is 1. The number of anilines is 1. The summed E-state index contributed by atoms with van der Waals surface area (Å²) in [5.41, 5.74) is 1.03. The molecule has 9 nitrogen and oxygen atoms in total. The fourth-order valence-electron chi connectivity index (χ4n) is 2.30.